The topological polar surface area (TPSA) is 41.6 Å². The third kappa shape index (κ3) is 2.53. The first-order valence-electron chi connectivity index (χ1n) is 5.61. The van der Waals surface area contributed by atoms with E-state index in [0.717, 1.165) is 10.9 Å². The van der Waals surface area contributed by atoms with E-state index in [4.69, 9.17) is 0 Å². The van der Waals surface area contributed by atoms with Crippen molar-refractivity contribution in [1.82, 2.24) is 15.2 Å². The number of halogens is 2. The van der Waals surface area contributed by atoms with Crippen molar-refractivity contribution in [1.29, 1.82) is 0 Å². The Bertz CT molecular complexity index is 692. The minimum atomic E-state index is -0.851. The van der Waals surface area contributed by atoms with Crippen molar-refractivity contribution in [2.45, 2.75) is 6.42 Å². The first-order chi connectivity index (χ1) is 9.22. The number of rotatable bonds is 3. The lowest BCUT2D eigenvalue weighted by Gasteiger charge is -1.98. The molecule has 3 rings (SSSR count). The van der Waals surface area contributed by atoms with E-state index in [9.17, 15) is 8.78 Å². The van der Waals surface area contributed by atoms with Gasteiger partial charge in [0.05, 0.1) is 4.88 Å². The molecule has 0 aliphatic rings. The number of nitrogens with one attached hydrogen (secondary N) is 1. The Morgan fingerprint density at radius 3 is 2.79 bits per heavy atom. The first kappa shape index (κ1) is 12.0. The second-order valence-electron chi connectivity index (χ2n) is 4.01. The van der Waals surface area contributed by atoms with E-state index < -0.39 is 11.6 Å². The maximum Gasteiger partial charge on any atom is 0.191 e. The fourth-order valence-corrected chi connectivity index (χ4v) is 2.39. The Morgan fingerprint density at radius 1 is 1.16 bits per heavy atom. The minimum absolute atomic E-state index is 0.384. The summed E-state index contributed by atoms with van der Waals surface area (Å²) < 4.78 is 25.9. The Kier molecular flexibility index (Phi) is 3.08. The van der Waals surface area contributed by atoms with Crippen LogP contribution < -0.4 is 0 Å². The van der Waals surface area contributed by atoms with Gasteiger partial charge in [-0.05, 0) is 29.1 Å². The van der Waals surface area contributed by atoms with Crippen LogP contribution in [-0.2, 0) is 6.42 Å². The van der Waals surface area contributed by atoms with Gasteiger partial charge in [-0.2, -0.15) is 5.10 Å². The highest BCUT2D eigenvalue weighted by Gasteiger charge is 2.09. The zero-order chi connectivity index (χ0) is 13.2. The van der Waals surface area contributed by atoms with Crippen LogP contribution >= 0.6 is 11.3 Å². The summed E-state index contributed by atoms with van der Waals surface area (Å²) in [5, 5.41) is 8.85. The molecule has 0 spiro atoms. The largest absolute Gasteiger partial charge is 0.262 e. The average Bonchev–Trinajstić information content (AvgIpc) is 3.04. The fourth-order valence-electron chi connectivity index (χ4n) is 1.73. The molecular weight excluding hydrogens is 268 g/mol. The minimum Gasteiger partial charge on any atom is -0.262 e. The molecule has 0 fully saturated rings. The number of aromatic amines is 1. The molecule has 3 nitrogen and oxygen atoms in total. The summed E-state index contributed by atoms with van der Waals surface area (Å²) in [5.74, 6) is -0.460. The number of hydrogen-bond acceptors (Lipinski definition) is 3. The zero-order valence-corrected chi connectivity index (χ0v) is 10.5. The van der Waals surface area contributed by atoms with Crippen LogP contribution in [0.3, 0.4) is 0 Å². The second kappa shape index (κ2) is 4.89. The van der Waals surface area contributed by atoms with E-state index in [1.165, 1.54) is 12.1 Å². The van der Waals surface area contributed by atoms with Gasteiger partial charge < -0.3 is 0 Å². The van der Waals surface area contributed by atoms with Crippen LogP contribution in [0.5, 0.6) is 0 Å². The first-order valence-corrected chi connectivity index (χ1v) is 6.49. The summed E-state index contributed by atoms with van der Waals surface area (Å²) >= 11 is 1.55. The molecule has 0 unspecified atom stereocenters. The summed E-state index contributed by atoms with van der Waals surface area (Å²) in [7, 11) is 0. The van der Waals surface area contributed by atoms with Gasteiger partial charge in [-0.15, -0.1) is 11.3 Å². The molecule has 0 bridgehead atoms. The number of aromatic nitrogens is 3. The molecular formula is C13H9F2N3S. The van der Waals surface area contributed by atoms with Crippen molar-refractivity contribution in [2.75, 3.05) is 0 Å². The van der Waals surface area contributed by atoms with Crippen LogP contribution in [-0.4, -0.2) is 15.2 Å². The highest BCUT2D eigenvalue weighted by atomic mass is 32.1. The van der Waals surface area contributed by atoms with Crippen molar-refractivity contribution < 1.29 is 8.78 Å². The molecule has 0 amide bonds. The third-order valence-electron chi connectivity index (χ3n) is 2.63. The van der Waals surface area contributed by atoms with Crippen molar-refractivity contribution in [3.63, 3.8) is 0 Å². The smallest absolute Gasteiger partial charge is 0.191 e. The van der Waals surface area contributed by atoms with E-state index in [-0.39, 0.29) is 0 Å². The van der Waals surface area contributed by atoms with Crippen molar-refractivity contribution in [2.24, 2.45) is 0 Å². The van der Waals surface area contributed by atoms with Gasteiger partial charge in [0.25, 0.3) is 0 Å². The van der Waals surface area contributed by atoms with Crippen LogP contribution in [0.1, 0.15) is 11.4 Å². The zero-order valence-electron chi connectivity index (χ0n) is 9.73. The van der Waals surface area contributed by atoms with Gasteiger partial charge in [-0.25, -0.2) is 13.8 Å². The van der Waals surface area contributed by atoms with Crippen LogP contribution in [0, 0.1) is 11.6 Å². The van der Waals surface area contributed by atoms with Crippen LogP contribution in [0.4, 0.5) is 8.78 Å². The summed E-state index contributed by atoms with van der Waals surface area (Å²) in [6.07, 6.45) is 0.384. The highest BCUT2D eigenvalue weighted by molar-refractivity contribution is 7.13. The van der Waals surface area contributed by atoms with E-state index in [2.05, 4.69) is 15.2 Å². The van der Waals surface area contributed by atoms with E-state index in [1.807, 2.05) is 17.5 Å². The Hall–Kier alpha value is -2.08. The number of H-pyrrole nitrogens is 1. The molecule has 96 valence electrons. The Balaban J connectivity index is 1.82. The van der Waals surface area contributed by atoms with Gasteiger partial charge in [0.15, 0.2) is 17.5 Å². The lowest BCUT2D eigenvalue weighted by molar-refractivity contribution is 0.507. The lowest BCUT2D eigenvalue weighted by atomic mass is 10.1. The molecule has 3 aromatic rings. The molecule has 2 aromatic heterocycles. The molecule has 6 heteroatoms. The van der Waals surface area contributed by atoms with Crippen LogP contribution in [0.15, 0.2) is 35.7 Å². The van der Waals surface area contributed by atoms with Gasteiger partial charge in [0.1, 0.15) is 5.82 Å². The summed E-state index contributed by atoms with van der Waals surface area (Å²) in [6, 6.07) is 7.66. The quantitative estimate of drug-likeness (QED) is 0.797. The molecule has 2 heterocycles. The third-order valence-corrected chi connectivity index (χ3v) is 3.49. The van der Waals surface area contributed by atoms with Crippen LogP contribution in [0.25, 0.3) is 10.7 Å². The van der Waals surface area contributed by atoms with Crippen molar-refractivity contribution in [3.05, 3.63) is 58.7 Å². The molecule has 0 aliphatic heterocycles. The number of hydrogen-bond donors (Lipinski definition) is 1. The molecule has 0 saturated carbocycles. The van der Waals surface area contributed by atoms with Gasteiger partial charge >= 0.3 is 0 Å². The number of thiophene rings is 1. The molecule has 0 saturated heterocycles. The van der Waals surface area contributed by atoms with E-state index >= 15 is 0 Å². The fraction of sp³-hybridized carbons (Fsp3) is 0.0769. The van der Waals surface area contributed by atoms with Gasteiger partial charge in [-0.3, -0.25) is 5.10 Å². The molecule has 0 atom stereocenters. The number of benzene rings is 1. The molecule has 1 aromatic carbocycles. The van der Waals surface area contributed by atoms with E-state index in [1.54, 1.807) is 11.3 Å². The standard InChI is InChI=1S/C13H9F2N3S/c14-9-4-3-8(6-10(9)15)7-12-16-13(18-17-12)11-2-1-5-19-11/h1-6H,7H2,(H,16,17,18). The van der Waals surface area contributed by atoms with Crippen molar-refractivity contribution >= 4 is 11.3 Å². The lowest BCUT2D eigenvalue weighted by Crippen LogP contribution is -1.93. The molecule has 0 aliphatic carbocycles. The maximum atomic E-state index is 13.1. The SMILES string of the molecule is Fc1ccc(Cc2nc(-c3cccs3)n[nH]2)cc1F. The molecule has 1 N–H and O–H groups in total. The van der Waals surface area contributed by atoms with E-state index in [0.29, 0.717) is 23.6 Å². The van der Waals surface area contributed by atoms with Gasteiger partial charge in [-0.1, -0.05) is 12.1 Å². The highest BCUT2D eigenvalue weighted by Crippen LogP contribution is 2.21. The van der Waals surface area contributed by atoms with Gasteiger partial charge in [0.2, 0.25) is 0 Å². The normalized spacial score (nSPS) is 10.8. The predicted octanol–water partition coefficient (Wildman–Crippen LogP) is 3.40. The molecule has 19 heavy (non-hydrogen) atoms. The maximum absolute atomic E-state index is 13.1. The average molecular weight is 277 g/mol. The summed E-state index contributed by atoms with van der Waals surface area (Å²) in [5.41, 5.74) is 0.646. The Labute approximate surface area is 111 Å². The molecule has 0 radical (unpaired) electrons. The predicted molar refractivity (Wildman–Crippen MR) is 68.9 cm³/mol. The monoisotopic (exact) mass is 277 g/mol. The van der Waals surface area contributed by atoms with Crippen LogP contribution in [0.2, 0.25) is 0 Å². The summed E-state index contributed by atoms with van der Waals surface area (Å²) in [6.45, 7) is 0. The second-order valence-corrected chi connectivity index (χ2v) is 4.96. The number of nitrogens with zero attached hydrogens (tertiary/aromatic N) is 2. The summed E-state index contributed by atoms with van der Waals surface area (Å²) in [4.78, 5) is 5.29. The Morgan fingerprint density at radius 2 is 2.05 bits per heavy atom. The van der Waals surface area contributed by atoms with Gasteiger partial charge in [0, 0.05) is 6.42 Å². The van der Waals surface area contributed by atoms with Crippen molar-refractivity contribution in [3.8, 4) is 10.7 Å².